The largest absolute Gasteiger partial charge is 0.120 e. The van der Waals surface area contributed by atoms with E-state index in [2.05, 4.69) is 17.7 Å². The summed E-state index contributed by atoms with van der Waals surface area (Å²) in [6, 6.07) is 0. The van der Waals surface area contributed by atoms with Crippen molar-refractivity contribution in [1.82, 2.24) is 0 Å². The van der Waals surface area contributed by atoms with Crippen LogP contribution < -0.4 is 0 Å². The van der Waals surface area contributed by atoms with Crippen molar-refractivity contribution in [1.29, 1.82) is 0 Å². The number of rotatable bonds is 1. The van der Waals surface area contributed by atoms with E-state index < -0.39 is 0 Å². The molecule has 0 aromatic carbocycles. The Hall–Kier alpha value is -1.70. The third-order valence-corrected chi connectivity index (χ3v) is 1.90. The Morgan fingerprint density at radius 1 is 1.46 bits per heavy atom. The lowest BCUT2D eigenvalue weighted by Crippen LogP contribution is -1.87. The molecule has 64 valence electrons. The molecule has 0 radical (unpaired) electrons. The van der Waals surface area contributed by atoms with Crippen LogP contribution in [0.25, 0.3) is 0 Å². The topological polar surface area (TPSA) is 0 Å². The highest BCUT2D eigenvalue weighted by molar-refractivity contribution is 5.55. The first-order valence-electron chi connectivity index (χ1n) is 4.25. The van der Waals surface area contributed by atoms with Gasteiger partial charge >= 0.3 is 0 Å². The number of hydrogen-bond donors (Lipinski definition) is 0. The molecule has 0 aromatic heterocycles. The monoisotopic (exact) mass is 168 g/mol. The minimum absolute atomic E-state index is 0.917. The normalized spacial score (nSPS) is 18.7. The lowest BCUT2D eigenvalue weighted by Gasteiger charge is -2.03. The summed E-state index contributed by atoms with van der Waals surface area (Å²) >= 11 is 0. The van der Waals surface area contributed by atoms with Gasteiger partial charge in [0.1, 0.15) is 0 Å². The maximum atomic E-state index is 5.36. The van der Waals surface area contributed by atoms with Gasteiger partial charge in [-0.3, -0.25) is 0 Å². The second-order valence-corrected chi connectivity index (χ2v) is 2.69. The Morgan fingerprint density at radius 3 is 2.77 bits per heavy atom. The molecule has 1 aliphatic rings. The molecule has 0 fully saturated rings. The Bertz CT molecular complexity index is 386. The molecule has 0 bridgehead atoms. The van der Waals surface area contributed by atoms with Gasteiger partial charge in [0.05, 0.1) is 0 Å². The summed E-state index contributed by atoms with van der Waals surface area (Å²) in [5.41, 5.74) is 6.18. The fourth-order valence-electron chi connectivity index (χ4n) is 1.15. The predicted molar refractivity (Wildman–Crippen MR) is 57.1 cm³/mol. The molecule has 0 saturated heterocycles. The van der Waals surface area contributed by atoms with Crippen molar-refractivity contribution in [2.75, 3.05) is 0 Å². The molecule has 0 N–H and O–H groups in total. The van der Waals surface area contributed by atoms with E-state index in [0.717, 1.165) is 16.7 Å². The minimum Gasteiger partial charge on any atom is -0.120 e. The van der Waals surface area contributed by atoms with Gasteiger partial charge in [-0.15, -0.1) is 12.2 Å². The van der Waals surface area contributed by atoms with Gasteiger partial charge in [0.15, 0.2) is 0 Å². The molecular formula is C13H12. The predicted octanol–water partition coefficient (Wildman–Crippen LogP) is 3.16. The van der Waals surface area contributed by atoms with E-state index in [0.29, 0.717) is 0 Å². The maximum Gasteiger partial charge on any atom is 0.0278 e. The zero-order valence-corrected chi connectivity index (χ0v) is 7.96. The lowest BCUT2D eigenvalue weighted by atomic mass is 10.0. The average Bonchev–Trinajstić information content (AvgIpc) is 2.20. The quantitative estimate of drug-likeness (QED) is 0.416. The summed E-state index contributed by atoms with van der Waals surface area (Å²) in [7, 11) is 0. The van der Waals surface area contributed by atoms with E-state index >= 15 is 0 Å². The van der Waals surface area contributed by atoms with E-state index in [-0.39, 0.29) is 0 Å². The molecule has 0 atom stereocenters. The second-order valence-electron chi connectivity index (χ2n) is 2.69. The van der Waals surface area contributed by atoms with Crippen LogP contribution in [0, 0.1) is 12.3 Å². The van der Waals surface area contributed by atoms with Crippen molar-refractivity contribution in [2.24, 2.45) is 0 Å². The summed E-state index contributed by atoms with van der Waals surface area (Å²) in [6.45, 7) is 3.94. The highest BCUT2D eigenvalue weighted by Gasteiger charge is 2.00. The Labute approximate surface area is 79.7 Å². The van der Waals surface area contributed by atoms with Crippen LogP contribution in [0.15, 0.2) is 52.8 Å². The van der Waals surface area contributed by atoms with Gasteiger partial charge in [-0.1, -0.05) is 18.1 Å². The second kappa shape index (κ2) is 4.36. The van der Waals surface area contributed by atoms with Crippen molar-refractivity contribution < 1.29 is 0 Å². The molecule has 0 spiro atoms. The van der Waals surface area contributed by atoms with Gasteiger partial charge < -0.3 is 0 Å². The van der Waals surface area contributed by atoms with E-state index in [9.17, 15) is 0 Å². The molecule has 1 rings (SSSR count). The summed E-state index contributed by atoms with van der Waals surface area (Å²) in [5, 5.41) is 0. The molecule has 0 heteroatoms. The zero-order chi connectivity index (χ0) is 9.68. The van der Waals surface area contributed by atoms with Gasteiger partial charge in [-0.05, 0) is 43.2 Å². The standard InChI is InChI=1S/C13H12/c1-4-11-8-7-9-13(10-11)12(5-2)6-3/h2,4,6,8-10H,1,3H3/b11-4+,12-6+. The molecular weight excluding hydrogens is 156 g/mol. The molecule has 0 unspecified atom stereocenters. The average molecular weight is 168 g/mol. The van der Waals surface area contributed by atoms with E-state index in [1.807, 2.05) is 38.2 Å². The number of hydrogen-bond acceptors (Lipinski definition) is 0. The maximum absolute atomic E-state index is 5.36. The number of allylic oxidation sites excluding steroid dienone is 7. The van der Waals surface area contributed by atoms with Crippen molar-refractivity contribution in [3.8, 4) is 12.3 Å². The van der Waals surface area contributed by atoms with Gasteiger partial charge in [-0.2, -0.15) is 0 Å². The van der Waals surface area contributed by atoms with Crippen molar-refractivity contribution >= 4 is 0 Å². The van der Waals surface area contributed by atoms with Gasteiger partial charge in [0.2, 0.25) is 0 Å². The third kappa shape index (κ3) is 2.12. The first kappa shape index (κ1) is 9.39. The smallest absolute Gasteiger partial charge is 0.0278 e. The van der Waals surface area contributed by atoms with Crippen LogP contribution in [-0.2, 0) is 0 Å². The molecule has 1 aliphatic carbocycles. The molecule has 0 heterocycles. The molecule has 0 amide bonds. The zero-order valence-electron chi connectivity index (χ0n) is 7.96. The van der Waals surface area contributed by atoms with E-state index in [1.165, 1.54) is 0 Å². The third-order valence-electron chi connectivity index (χ3n) is 1.90. The molecule has 0 nitrogen and oxygen atoms in total. The highest BCUT2D eigenvalue weighted by Crippen LogP contribution is 2.17. The Kier molecular flexibility index (Phi) is 3.15. The van der Waals surface area contributed by atoms with Crippen LogP contribution in [0.5, 0.6) is 0 Å². The molecule has 0 aromatic rings. The van der Waals surface area contributed by atoms with Crippen molar-refractivity contribution in [2.45, 2.75) is 13.8 Å². The van der Waals surface area contributed by atoms with Gasteiger partial charge in [0, 0.05) is 5.57 Å². The molecule has 0 aliphatic heterocycles. The lowest BCUT2D eigenvalue weighted by molar-refractivity contribution is 1.47. The van der Waals surface area contributed by atoms with Crippen LogP contribution in [0.2, 0.25) is 0 Å². The van der Waals surface area contributed by atoms with Crippen molar-refractivity contribution in [3.63, 3.8) is 0 Å². The van der Waals surface area contributed by atoms with Crippen LogP contribution in [0.4, 0.5) is 0 Å². The van der Waals surface area contributed by atoms with Gasteiger partial charge in [-0.25, -0.2) is 0 Å². The van der Waals surface area contributed by atoms with Crippen LogP contribution in [0.1, 0.15) is 13.8 Å². The summed E-state index contributed by atoms with van der Waals surface area (Å²) in [4.78, 5) is 0. The number of terminal acetylenes is 1. The van der Waals surface area contributed by atoms with Crippen LogP contribution >= 0.6 is 0 Å². The Balaban J connectivity index is 3.12. The van der Waals surface area contributed by atoms with E-state index in [4.69, 9.17) is 6.42 Å². The summed E-state index contributed by atoms with van der Waals surface area (Å²) < 4.78 is 0. The first-order valence-corrected chi connectivity index (χ1v) is 4.25. The molecule has 0 saturated carbocycles. The minimum atomic E-state index is 0.917. The van der Waals surface area contributed by atoms with Gasteiger partial charge in [0.25, 0.3) is 0 Å². The van der Waals surface area contributed by atoms with E-state index in [1.54, 1.807) is 0 Å². The summed E-state index contributed by atoms with van der Waals surface area (Å²) in [6.07, 6.45) is 15.2. The van der Waals surface area contributed by atoms with Crippen molar-refractivity contribution in [3.05, 3.63) is 52.8 Å². The molecule has 13 heavy (non-hydrogen) atoms. The SMILES string of the molecule is C#C/C(=C\C)C1=C/C(=C/C)C=C=C1. The van der Waals surface area contributed by atoms with Crippen LogP contribution in [0.3, 0.4) is 0 Å². The first-order chi connectivity index (χ1) is 6.31. The summed E-state index contributed by atoms with van der Waals surface area (Å²) in [5.74, 6) is 2.65. The fraction of sp³-hybridized carbons (Fsp3) is 0.154. The Morgan fingerprint density at radius 2 is 2.23 bits per heavy atom. The fourth-order valence-corrected chi connectivity index (χ4v) is 1.15. The highest BCUT2D eigenvalue weighted by atomic mass is 14.0. The van der Waals surface area contributed by atoms with Crippen LogP contribution in [-0.4, -0.2) is 0 Å².